The van der Waals surface area contributed by atoms with Gasteiger partial charge in [0.1, 0.15) is 5.69 Å². The maximum atomic E-state index is 12.2. The molecule has 1 aliphatic heterocycles. The highest BCUT2D eigenvalue weighted by atomic mass is 32.2. The highest BCUT2D eigenvalue weighted by Crippen LogP contribution is 2.24. The number of piperidine rings is 1. The zero-order valence-corrected chi connectivity index (χ0v) is 15.8. The highest BCUT2D eigenvalue weighted by molar-refractivity contribution is 7.88. The summed E-state index contributed by atoms with van der Waals surface area (Å²) in [5.41, 5.74) is -0.255. The van der Waals surface area contributed by atoms with Gasteiger partial charge in [-0.25, -0.2) is 12.7 Å². The molecule has 0 aliphatic carbocycles. The van der Waals surface area contributed by atoms with Crippen LogP contribution in [0.25, 0.3) is 0 Å². The van der Waals surface area contributed by atoms with E-state index in [0.717, 1.165) is 6.26 Å². The predicted molar refractivity (Wildman–Crippen MR) is 96.4 cm³/mol. The van der Waals surface area contributed by atoms with Gasteiger partial charge >= 0.3 is 5.97 Å². The molecule has 27 heavy (non-hydrogen) atoms. The summed E-state index contributed by atoms with van der Waals surface area (Å²) in [6, 6.07) is 5.64. The van der Waals surface area contributed by atoms with Crippen molar-refractivity contribution in [3.05, 3.63) is 34.4 Å². The zero-order valence-electron chi connectivity index (χ0n) is 15.0. The normalized spacial score (nSPS) is 17.1. The lowest BCUT2D eigenvalue weighted by Gasteiger charge is -2.29. The molecule has 1 heterocycles. The fraction of sp³-hybridized carbons (Fsp3) is 0.500. The Hall–Kier alpha value is -2.53. The Morgan fingerprint density at radius 2 is 1.89 bits per heavy atom. The molecular weight excluding hydrogens is 378 g/mol. The summed E-state index contributed by atoms with van der Waals surface area (Å²) in [6.45, 7) is 1.80. The fourth-order valence-corrected chi connectivity index (χ4v) is 3.59. The number of sulfonamides is 1. The maximum absolute atomic E-state index is 12.2. The highest BCUT2D eigenvalue weighted by Gasteiger charge is 2.31. The molecule has 1 aromatic carbocycles. The Morgan fingerprint density at radius 1 is 1.30 bits per heavy atom. The van der Waals surface area contributed by atoms with Crippen molar-refractivity contribution in [2.24, 2.45) is 5.92 Å². The molecule has 1 aliphatic rings. The summed E-state index contributed by atoms with van der Waals surface area (Å²) in [5.74, 6) is -1.77. The molecule has 1 fully saturated rings. The van der Waals surface area contributed by atoms with Gasteiger partial charge in [-0.2, -0.15) is 0 Å². The SMILES string of the molecule is CC(OC(=O)C1CCN(S(C)(=O)=O)CC1)C(=O)Nc1ccccc1[N+](=O)[O-]. The van der Waals surface area contributed by atoms with Crippen LogP contribution in [0, 0.1) is 16.0 Å². The van der Waals surface area contributed by atoms with E-state index in [4.69, 9.17) is 4.74 Å². The topological polar surface area (TPSA) is 136 Å². The van der Waals surface area contributed by atoms with E-state index in [-0.39, 0.29) is 24.5 Å². The molecular formula is C16H21N3O7S. The van der Waals surface area contributed by atoms with E-state index in [1.54, 1.807) is 0 Å². The quantitative estimate of drug-likeness (QED) is 0.430. The number of ether oxygens (including phenoxy) is 1. The maximum Gasteiger partial charge on any atom is 0.309 e. The molecule has 0 saturated carbocycles. The average Bonchev–Trinajstić information content (AvgIpc) is 2.61. The summed E-state index contributed by atoms with van der Waals surface area (Å²) < 4.78 is 29.4. The second kappa shape index (κ2) is 8.44. The molecule has 148 valence electrons. The second-order valence-electron chi connectivity index (χ2n) is 6.28. The molecule has 0 radical (unpaired) electrons. The van der Waals surface area contributed by atoms with E-state index in [0.29, 0.717) is 12.8 Å². The Kier molecular flexibility index (Phi) is 6.50. The van der Waals surface area contributed by atoms with Crippen LogP contribution in [0.3, 0.4) is 0 Å². The van der Waals surface area contributed by atoms with Crippen molar-refractivity contribution in [1.29, 1.82) is 0 Å². The first kappa shape index (κ1) is 20.8. The first-order valence-corrected chi connectivity index (χ1v) is 10.1. The molecule has 1 atom stereocenters. The Labute approximate surface area is 156 Å². The molecule has 1 aromatic rings. The van der Waals surface area contributed by atoms with E-state index in [2.05, 4.69) is 5.32 Å². The van der Waals surface area contributed by atoms with Crippen molar-refractivity contribution in [1.82, 2.24) is 4.31 Å². The van der Waals surface area contributed by atoms with Crippen molar-refractivity contribution in [3.8, 4) is 0 Å². The second-order valence-corrected chi connectivity index (χ2v) is 8.26. The minimum atomic E-state index is -3.30. The van der Waals surface area contributed by atoms with Gasteiger partial charge < -0.3 is 10.1 Å². The van der Waals surface area contributed by atoms with Gasteiger partial charge in [-0.05, 0) is 25.8 Å². The molecule has 11 heteroatoms. The first-order valence-electron chi connectivity index (χ1n) is 8.29. The number of nitrogens with one attached hydrogen (secondary N) is 1. The third-order valence-electron chi connectivity index (χ3n) is 4.28. The lowest BCUT2D eigenvalue weighted by molar-refractivity contribution is -0.383. The number of nitro groups is 1. The lowest BCUT2D eigenvalue weighted by atomic mass is 9.98. The lowest BCUT2D eigenvalue weighted by Crippen LogP contribution is -2.41. The number of benzene rings is 1. The summed E-state index contributed by atoms with van der Waals surface area (Å²) in [7, 11) is -3.30. The summed E-state index contributed by atoms with van der Waals surface area (Å²) >= 11 is 0. The van der Waals surface area contributed by atoms with Gasteiger partial charge in [-0.1, -0.05) is 12.1 Å². The van der Waals surface area contributed by atoms with Crippen LogP contribution in [-0.4, -0.2) is 55.0 Å². The number of amides is 1. The van der Waals surface area contributed by atoms with Crippen LogP contribution in [0.4, 0.5) is 11.4 Å². The van der Waals surface area contributed by atoms with Gasteiger partial charge in [0.15, 0.2) is 6.10 Å². The zero-order chi connectivity index (χ0) is 20.2. The van der Waals surface area contributed by atoms with E-state index < -0.39 is 38.8 Å². The molecule has 10 nitrogen and oxygen atoms in total. The molecule has 1 saturated heterocycles. The Morgan fingerprint density at radius 3 is 2.44 bits per heavy atom. The molecule has 0 bridgehead atoms. The monoisotopic (exact) mass is 399 g/mol. The van der Waals surface area contributed by atoms with E-state index in [1.165, 1.54) is 35.5 Å². The number of carbonyl (C=O) groups excluding carboxylic acids is 2. The van der Waals surface area contributed by atoms with E-state index in [9.17, 15) is 28.1 Å². The number of para-hydroxylation sites is 2. The Balaban J connectivity index is 1.91. The number of nitro benzene ring substituents is 1. The number of rotatable bonds is 6. The molecule has 0 spiro atoms. The van der Waals surface area contributed by atoms with Crippen molar-refractivity contribution < 1.29 is 27.7 Å². The fourth-order valence-electron chi connectivity index (χ4n) is 2.72. The van der Waals surface area contributed by atoms with Gasteiger partial charge in [0.05, 0.1) is 17.1 Å². The van der Waals surface area contributed by atoms with Crippen LogP contribution in [-0.2, 0) is 24.3 Å². The number of carbonyl (C=O) groups is 2. The smallest absolute Gasteiger partial charge is 0.309 e. The number of nitrogens with zero attached hydrogens (tertiary/aromatic N) is 2. The largest absolute Gasteiger partial charge is 0.452 e. The molecule has 2 rings (SSSR count). The summed E-state index contributed by atoms with van der Waals surface area (Å²) in [5, 5.41) is 13.4. The number of esters is 1. The standard InChI is InChI=1S/C16H21N3O7S/c1-11(15(20)17-13-5-3-4-6-14(13)19(22)23)26-16(21)12-7-9-18(10-8-12)27(2,24)25/h3-6,11-12H,7-10H2,1-2H3,(H,17,20). The molecule has 0 aromatic heterocycles. The van der Waals surface area contributed by atoms with E-state index in [1.807, 2.05) is 0 Å². The van der Waals surface area contributed by atoms with Crippen LogP contribution < -0.4 is 5.32 Å². The van der Waals surface area contributed by atoms with Crippen LogP contribution in [0.5, 0.6) is 0 Å². The van der Waals surface area contributed by atoms with Gasteiger partial charge in [0.25, 0.3) is 11.6 Å². The Bertz CT molecular complexity index is 832. The average molecular weight is 399 g/mol. The first-order chi connectivity index (χ1) is 12.6. The van der Waals surface area contributed by atoms with Crippen LogP contribution in [0.15, 0.2) is 24.3 Å². The number of anilines is 1. The van der Waals surface area contributed by atoms with Crippen LogP contribution in [0.1, 0.15) is 19.8 Å². The third-order valence-corrected chi connectivity index (χ3v) is 5.58. The summed E-state index contributed by atoms with van der Waals surface area (Å²) in [4.78, 5) is 34.8. The van der Waals surface area contributed by atoms with Gasteiger partial charge in [0.2, 0.25) is 10.0 Å². The van der Waals surface area contributed by atoms with Crippen LogP contribution in [0.2, 0.25) is 0 Å². The van der Waals surface area contributed by atoms with Crippen LogP contribution >= 0.6 is 0 Å². The van der Waals surface area contributed by atoms with Gasteiger partial charge in [-0.3, -0.25) is 19.7 Å². The predicted octanol–water partition coefficient (Wildman–Crippen LogP) is 1.14. The molecule has 1 amide bonds. The molecule has 1 N–H and O–H groups in total. The van der Waals surface area contributed by atoms with E-state index >= 15 is 0 Å². The third kappa shape index (κ3) is 5.47. The van der Waals surface area contributed by atoms with Crippen molar-refractivity contribution >= 4 is 33.3 Å². The van der Waals surface area contributed by atoms with Crippen molar-refractivity contribution in [3.63, 3.8) is 0 Å². The van der Waals surface area contributed by atoms with Crippen molar-refractivity contribution in [2.45, 2.75) is 25.9 Å². The minimum Gasteiger partial charge on any atom is -0.452 e. The molecule has 1 unspecified atom stereocenters. The minimum absolute atomic E-state index is 0.0110. The van der Waals surface area contributed by atoms with Gasteiger partial charge in [-0.15, -0.1) is 0 Å². The van der Waals surface area contributed by atoms with Crippen molar-refractivity contribution in [2.75, 3.05) is 24.7 Å². The number of hydrogen-bond acceptors (Lipinski definition) is 7. The summed E-state index contributed by atoms with van der Waals surface area (Å²) in [6.07, 6.45) is 0.584. The van der Waals surface area contributed by atoms with Gasteiger partial charge in [0, 0.05) is 19.2 Å². The number of hydrogen-bond donors (Lipinski definition) is 1.